The van der Waals surface area contributed by atoms with E-state index in [0.717, 1.165) is 37.8 Å². The first-order valence-corrected chi connectivity index (χ1v) is 8.88. The number of carbonyl (C=O) groups excluding carboxylic acids is 2. The largest absolute Gasteiger partial charge is 0.491 e. The Morgan fingerprint density at radius 1 is 1.15 bits per heavy atom. The first kappa shape index (κ1) is 21.3. The van der Waals surface area contributed by atoms with Crippen molar-refractivity contribution < 1.29 is 36.6 Å². The van der Waals surface area contributed by atoms with Crippen molar-refractivity contribution >= 4 is 11.8 Å². The third-order valence-electron chi connectivity index (χ3n) is 4.67. The van der Waals surface area contributed by atoms with Crippen molar-refractivity contribution in [3.63, 3.8) is 0 Å². The van der Waals surface area contributed by atoms with Gasteiger partial charge in [-0.05, 0) is 56.2 Å². The molecular formula is C19H22F4O4. The Kier molecular flexibility index (Phi) is 7.35. The zero-order valence-corrected chi connectivity index (χ0v) is 15.0. The van der Waals surface area contributed by atoms with Crippen LogP contribution in [0.15, 0.2) is 18.2 Å². The van der Waals surface area contributed by atoms with Crippen molar-refractivity contribution in [2.24, 2.45) is 11.8 Å². The molecule has 1 aliphatic rings. The van der Waals surface area contributed by atoms with E-state index < -0.39 is 23.7 Å². The molecule has 0 aliphatic heterocycles. The summed E-state index contributed by atoms with van der Waals surface area (Å²) in [7, 11) is 0. The van der Waals surface area contributed by atoms with Crippen LogP contribution in [0.4, 0.5) is 17.6 Å². The summed E-state index contributed by atoms with van der Waals surface area (Å²) in [5, 5.41) is 0. The second-order valence-corrected chi connectivity index (χ2v) is 6.67. The SMILES string of the molecule is CCOCC1CCC(C(=O)Cc2ccc(OC(=O)C(F)(F)F)c(F)c2)CC1. The molecule has 0 unspecified atom stereocenters. The topological polar surface area (TPSA) is 52.6 Å². The molecule has 1 aromatic rings. The van der Waals surface area contributed by atoms with Gasteiger partial charge in [0.15, 0.2) is 11.6 Å². The van der Waals surface area contributed by atoms with Gasteiger partial charge in [-0.15, -0.1) is 0 Å². The summed E-state index contributed by atoms with van der Waals surface area (Å²) < 4.78 is 59.8. The molecule has 1 aliphatic carbocycles. The Morgan fingerprint density at radius 2 is 1.81 bits per heavy atom. The van der Waals surface area contributed by atoms with Crippen molar-refractivity contribution in [2.75, 3.05) is 13.2 Å². The summed E-state index contributed by atoms with van der Waals surface area (Å²) in [6.45, 7) is 3.29. The van der Waals surface area contributed by atoms with Gasteiger partial charge in [0.2, 0.25) is 0 Å². The van der Waals surface area contributed by atoms with Gasteiger partial charge in [-0.3, -0.25) is 4.79 Å². The molecule has 0 N–H and O–H groups in total. The first-order valence-electron chi connectivity index (χ1n) is 8.88. The number of Topliss-reactive ketones (excluding diaryl/α,β-unsaturated/α-hetero) is 1. The highest BCUT2D eigenvalue weighted by atomic mass is 19.4. The van der Waals surface area contributed by atoms with E-state index in [-0.39, 0.29) is 18.1 Å². The lowest BCUT2D eigenvalue weighted by molar-refractivity contribution is -0.189. The van der Waals surface area contributed by atoms with Gasteiger partial charge < -0.3 is 9.47 Å². The van der Waals surface area contributed by atoms with Crippen molar-refractivity contribution in [1.82, 2.24) is 0 Å². The van der Waals surface area contributed by atoms with Crippen LogP contribution < -0.4 is 4.74 Å². The fraction of sp³-hybridized carbons (Fsp3) is 0.579. The van der Waals surface area contributed by atoms with Crippen molar-refractivity contribution in [1.29, 1.82) is 0 Å². The lowest BCUT2D eigenvalue weighted by Crippen LogP contribution is -2.28. The van der Waals surface area contributed by atoms with Crippen LogP contribution in [-0.2, 0) is 20.7 Å². The number of ketones is 1. The Bertz CT molecular complexity index is 664. The maximum Gasteiger partial charge on any atom is 0.491 e. The van der Waals surface area contributed by atoms with Crippen LogP contribution in [0.3, 0.4) is 0 Å². The average Bonchev–Trinajstić information content (AvgIpc) is 2.61. The predicted octanol–water partition coefficient (Wildman–Crippen LogP) is 4.25. The van der Waals surface area contributed by atoms with E-state index in [1.807, 2.05) is 6.92 Å². The Balaban J connectivity index is 1.89. The van der Waals surface area contributed by atoms with E-state index in [4.69, 9.17) is 4.74 Å². The van der Waals surface area contributed by atoms with Crippen molar-refractivity contribution in [3.8, 4) is 5.75 Å². The summed E-state index contributed by atoms with van der Waals surface area (Å²) in [6, 6.07) is 3.15. The molecular weight excluding hydrogens is 368 g/mol. The monoisotopic (exact) mass is 390 g/mol. The van der Waals surface area contributed by atoms with Crippen LogP contribution in [-0.4, -0.2) is 31.1 Å². The van der Waals surface area contributed by atoms with Gasteiger partial charge in [-0.25, -0.2) is 9.18 Å². The van der Waals surface area contributed by atoms with Gasteiger partial charge in [-0.1, -0.05) is 6.07 Å². The number of alkyl halides is 3. The molecule has 0 amide bonds. The minimum absolute atomic E-state index is 0.00872. The average molecular weight is 390 g/mol. The molecule has 1 saturated carbocycles. The van der Waals surface area contributed by atoms with Crippen LogP contribution in [0.1, 0.15) is 38.2 Å². The highest BCUT2D eigenvalue weighted by Crippen LogP contribution is 2.31. The Labute approximate surface area is 154 Å². The molecule has 4 nitrogen and oxygen atoms in total. The van der Waals surface area contributed by atoms with E-state index in [0.29, 0.717) is 24.7 Å². The van der Waals surface area contributed by atoms with E-state index >= 15 is 0 Å². The molecule has 0 spiro atoms. The summed E-state index contributed by atoms with van der Waals surface area (Å²) in [6.07, 6.45) is -1.91. The summed E-state index contributed by atoms with van der Waals surface area (Å²) >= 11 is 0. The van der Waals surface area contributed by atoms with E-state index in [2.05, 4.69) is 4.74 Å². The third kappa shape index (κ3) is 6.30. The standard InChI is InChI=1S/C19H22F4O4/c1-2-26-11-12-3-6-14(7-4-12)16(24)10-13-5-8-17(15(20)9-13)27-18(25)19(21,22)23/h5,8-9,12,14H,2-4,6-7,10-11H2,1H3. The summed E-state index contributed by atoms with van der Waals surface area (Å²) in [5.41, 5.74) is 0.334. The third-order valence-corrected chi connectivity index (χ3v) is 4.67. The second kappa shape index (κ2) is 9.30. The lowest BCUT2D eigenvalue weighted by Gasteiger charge is -2.27. The van der Waals surface area contributed by atoms with E-state index in [1.165, 1.54) is 6.07 Å². The van der Waals surface area contributed by atoms with Gasteiger partial charge >= 0.3 is 12.1 Å². The highest BCUT2D eigenvalue weighted by Gasteiger charge is 2.41. The van der Waals surface area contributed by atoms with Crippen LogP contribution in [0.5, 0.6) is 5.75 Å². The Hall–Kier alpha value is -1.96. The number of hydrogen-bond acceptors (Lipinski definition) is 4. The quantitative estimate of drug-likeness (QED) is 0.397. The molecule has 0 radical (unpaired) electrons. The normalized spacial score (nSPS) is 20.3. The molecule has 1 aromatic carbocycles. The fourth-order valence-corrected chi connectivity index (χ4v) is 3.18. The van der Waals surface area contributed by atoms with Gasteiger partial charge in [0.25, 0.3) is 0 Å². The number of carbonyl (C=O) groups is 2. The first-order chi connectivity index (χ1) is 12.7. The number of esters is 1. The molecule has 0 bridgehead atoms. The number of benzene rings is 1. The van der Waals surface area contributed by atoms with E-state index in [1.54, 1.807) is 0 Å². The number of ether oxygens (including phenoxy) is 2. The number of halogens is 4. The maximum atomic E-state index is 13.9. The molecule has 0 heterocycles. The molecule has 2 rings (SSSR count). The number of rotatable bonds is 7. The molecule has 27 heavy (non-hydrogen) atoms. The highest BCUT2D eigenvalue weighted by molar-refractivity contribution is 5.83. The molecule has 0 aromatic heterocycles. The van der Waals surface area contributed by atoms with Gasteiger partial charge in [0.1, 0.15) is 5.78 Å². The van der Waals surface area contributed by atoms with Crippen molar-refractivity contribution in [2.45, 2.75) is 45.2 Å². The lowest BCUT2D eigenvalue weighted by atomic mass is 9.79. The zero-order chi connectivity index (χ0) is 20.0. The van der Waals surface area contributed by atoms with Crippen molar-refractivity contribution in [3.05, 3.63) is 29.6 Å². The molecule has 1 fully saturated rings. The smallest absolute Gasteiger partial charge is 0.417 e. The Morgan fingerprint density at radius 3 is 2.37 bits per heavy atom. The molecule has 8 heteroatoms. The summed E-state index contributed by atoms with van der Waals surface area (Å²) in [4.78, 5) is 23.2. The number of hydrogen-bond donors (Lipinski definition) is 0. The molecule has 0 atom stereocenters. The second-order valence-electron chi connectivity index (χ2n) is 6.67. The van der Waals surface area contributed by atoms with Crippen LogP contribution >= 0.6 is 0 Å². The maximum absolute atomic E-state index is 13.9. The predicted molar refractivity (Wildman–Crippen MR) is 88.7 cm³/mol. The van der Waals surface area contributed by atoms with Crippen LogP contribution in [0.2, 0.25) is 0 Å². The fourth-order valence-electron chi connectivity index (χ4n) is 3.18. The minimum atomic E-state index is -5.21. The molecule has 0 saturated heterocycles. The minimum Gasteiger partial charge on any atom is -0.417 e. The summed E-state index contributed by atoms with van der Waals surface area (Å²) in [5.74, 6) is -4.09. The van der Waals surface area contributed by atoms with Gasteiger partial charge in [-0.2, -0.15) is 13.2 Å². The molecule has 150 valence electrons. The zero-order valence-electron chi connectivity index (χ0n) is 15.0. The van der Waals surface area contributed by atoms with Gasteiger partial charge in [0, 0.05) is 25.6 Å². The van der Waals surface area contributed by atoms with E-state index in [9.17, 15) is 27.2 Å². The van der Waals surface area contributed by atoms with Crippen LogP contribution in [0.25, 0.3) is 0 Å². The van der Waals surface area contributed by atoms with Gasteiger partial charge in [0.05, 0.1) is 0 Å². The van der Waals surface area contributed by atoms with Crippen LogP contribution in [0, 0.1) is 17.7 Å².